The van der Waals surface area contributed by atoms with Crippen LogP contribution >= 0.6 is 11.6 Å². The fourth-order valence-electron chi connectivity index (χ4n) is 2.54. The lowest BCUT2D eigenvalue weighted by Gasteiger charge is -2.13. The van der Waals surface area contributed by atoms with Crippen LogP contribution in [0.4, 0.5) is 11.4 Å². The van der Waals surface area contributed by atoms with Gasteiger partial charge < -0.3 is 15.4 Å². The Balaban J connectivity index is 1.82. The van der Waals surface area contributed by atoms with Gasteiger partial charge in [0.15, 0.2) is 0 Å². The van der Waals surface area contributed by atoms with E-state index in [1.54, 1.807) is 72.8 Å². The highest BCUT2D eigenvalue weighted by molar-refractivity contribution is 6.30. The Morgan fingerprint density at radius 1 is 0.778 bits per heavy atom. The van der Waals surface area contributed by atoms with E-state index >= 15 is 0 Å². The Morgan fingerprint density at radius 2 is 1.37 bits per heavy atom. The SMILES string of the molecule is COc1ccccc1C(=O)Nc1ccccc1C(=O)Nc1ccc(Cl)cc1. The molecule has 0 atom stereocenters. The molecule has 0 radical (unpaired) electrons. The van der Waals surface area contributed by atoms with E-state index in [1.165, 1.54) is 7.11 Å². The maximum absolute atomic E-state index is 12.6. The van der Waals surface area contributed by atoms with E-state index in [2.05, 4.69) is 10.6 Å². The van der Waals surface area contributed by atoms with Crippen LogP contribution in [0.5, 0.6) is 5.75 Å². The van der Waals surface area contributed by atoms with Gasteiger partial charge in [-0.3, -0.25) is 9.59 Å². The van der Waals surface area contributed by atoms with Gasteiger partial charge in [-0.15, -0.1) is 0 Å². The van der Waals surface area contributed by atoms with Crippen LogP contribution in [0.25, 0.3) is 0 Å². The van der Waals surface area contributed by atoms with Crippen molar-refractivity contribution in [2.45, 2.75) is 0 Å². The van der Waals surface area contributed by atoms with Crippen LogP contribution in [0, 0.1) is 0 Å². The van der Waals surface area contributed by atoms with Gasteiger partial charge in [0.2, 0.25) is 0 Å². The van der Waals surface area contributed by atoms with E-state index < -0.39 is 0 Å². The average molecular weight is 381 g/mol. The first-order valence-corrected chi connectivity index (χ1v) is 8.56. The van der Waals surface area contributed by atoms with Crippen LogP contribution in [-0.2, 0) is 0 Å². The number of carbonyl (C=O) groups is 2. The minimum atomic E-state index is -0.362. The predicted molar refractivity (Wildman–Crippen MR) is 107 cm³/mol. The third kappa shape index (κ3) is 4.46. The van der Waals surface area contributed by atoms with Crippen molar-refractivity contribution >= 4 is 34.8 Å². The zero-order valence-electron chi connectivity index (χ0n) is 14.5. The Labute approximate surface area is 161 Å². The number of halogens is 1. The highest BCUT2D eigenvalue weighted by Crippen LogP contribution is 2.22. The number of amides is 2. The maximum Gasteiger partial charge on any atom is 0.259 e. The number of hydrogen-bond acceptors (Lipinski definition) is 3. The van der Waals surface area contributed by atoms with Gasteiger partial charge in [0.1, 0.15) is 5.75 Å². The second kappa shape index (κ2) is 8.38. The van der Waals surface area contributed by atoms with Crippen molar-refractivity contribution in [2.24, 2.45) is 0 Å². The van der Waals surface area contributed by atoms with Crippen molar-refractivity contribution in [3.05, 3.63) is 88.9 Å². The lowest BCUT2D eigenvalue weighted by atomic mass is 10.1. The van der Waals surface area contributed by atoms with Gasteiger partial charge in [0, 0.05) is 10.7 Å². The topological polar surface area (TPSA) is 67.4 Å². The highest BCUT2D eigenvalue weighted by Gasteiger charge is 2.16. The lowest BCUT2D eigenvalue weighted by Crippen LogP contribution is -2.18. The van der Waals surface area contributed by atoms with Crippen LogP contribution in [0.3, 0.4) is 0 Å². The molecule has 5 nitrogen and oxygen atoms in total. The molecule has 0 saturated carbocycles. The summed E-state index contributed by atoms with van der Waals surface area (Å²) in [6, 6.07) is 20.5. The highest BCUT2D eigenvalue weighted by atomic mass is 35.5. The van der Waals surface area contributed by atoms with Crippen molar-refractivity contribution in [2.75, 3.05) is 17.7 Å². The quantitative estimate of drug-likeness (QED) is 0.664. The Bertz CT molecular complexity index is 971. The van der Waals surface area contributed by atoms with Gasteiger partial charge in [-0.1, -0.05) is 35.9 Å². The number of hydrogen-bond donors (Lipinski definition) is 2. The molecule has 0 heterocycles. The molecule has 6 heteroatoms. The van der Waals surface area contributed by atoms with Crippen molar-refractivity contribution in [1.82, 2.24) is 0 Å². The fourth-order valence-corrected chi connectivity index (χ4v) is 2.67. The molecular weight excluding hydrogens is 364 g/mol. The van der Waals surface area contributed by atoms with Gasteiger partial charge >= 0.3 is 0 Å². The van der Waals surface area contributed by atoms with E-state index in [0.29, 0.717) is 33.3 Å². The van der Waals surface area contributed by atoms with Gasteiger partial charge in [-0.05, 0) is 48.5 Å². The smallest absolute Gasteiger partial charge is 0.259 e. The number of rotatable bonds is 5. The summed E-state index contributed by atoms with van der Waals surface area (Å²) in [6.07, 6.45) is 0. The predicted octanol–water partition coefficient (Wildman–Crippen LogP) is 4.85. The summed E-state index contributed by atoms with van der Waals surface area (Å²) in [7, 11) is 1.50. The van der Waals surface area contributed by atoms with Gasteiger partial charge in [-0.2, -0.15) is 0 Å². The second-order valence-electron chi connectivity index (χ2n) is 5.66. The van der Waals surface area contributed by atoms with E-state index in [0.717, 1.165) is 0 Å². The van der Waals surface area contributed by atoms with Gasteiger partial charge in [0.05, 0.1) is 23.9 Å². The van der Waals surface area contributed by atoms with Crippen molar-refractivity contribution in [1.29, 1.82) is 0 Å². The molecule has 0 aliphatic rings. The fraction of sp³-hybridized carbons (Fsp3) is 0.0476. The monoisotopic (exact) mass is 380 g/mol. The third-order valence-electron chi connectivity index (χ3n) is 3.87. The van der Waals surface area contributed by atoms with Crippen molar-refractivity contribution in [3.8, 4) is 5.75 Å². The first-order valence-electron chi connectivity index (χ1n) is 8.19. The number of para-hydroxylation sites is 2. The van der Waals surface area contributed by atoms with Crippen LogP contribution in [0.15, 0.2) is 72.8 Å². The first-order chi connectivity index (χ1) is 13.1. The van der Waals surface area contributed by atoms with Gasteiger partial charge in [0.25, 0.3) is 11.8 Å². The van der Waals surface area contributed by atoms with Crippen LogP contribution < -0.4 is 15.4 Å². The molecule has 3 rings (SSSR count). The molecular formula is C21H17ClN2O3. The lowest BCUT2D eigenvalue weighted by molar-refractivity contribution is 0.102. The average Bonchev–Trinajstić information content (AvgIpc) is 2.70. The van der Waals surface area contributed by atoms with Crippen LogP contribution in [-0.4, -0.2) is 18.9 Å². The summed E-state index contributed by atoms with van der Waals surface area (Å²) in [5.41, 5.74) is 1.73. The summed E-state index contributed by atoms with van der Waals surface area (Å²) >= 11 is 5.86. The number of carbonyl (C=O) groups excluding carboxylic acids is 2. The molecule has 0 saturated heterocycles. The molecule has 0 aliphatic heterocycles. The normalized spacial score (nSPS) is 10.1. The van der Waals surface area contributed by atoms with E-state index in [4.69, 9.17) is 16.3 Å². The van der Waals surface area contributed by atoms with E-state index in [9.17, 15) is 9.59 Å². The summed E-state index contributed by atoms with van der Waals surface area (Å²) < 4.78 is 5.22. The zero-order valence-corrected chi connectivity index (χ0v) is 15.3. The largest absolute Gasteiger partial charge is 0.496 e. The number of methoxy groups -OCH3 is 1. The summed E-state index contributed by atoms with van der Waals surface area (Å²) in [4.78, 5) is 25.3. The Hall–Kier alpha value is -3.31. The summed E-state index contributed by atoms with van der Waals surface area (Å²) in [6.45, 7) is 0. The van der Waals surface area contributed by atoms with Crippen LogP contribution in [0.1, 0.15) is 20.7 Å². The molecule has 27 heavy (non-hydrogen) atoms. The molecule has 3 aromatic carbocycles. The van der Waals surface area contributed by atoms with E-state index in [-0.39, 0.29) is 11.8 Å². The number of nitrogens with one attached hydrogen (secondary N) is 2. The summed E-state index contributed by atoms with van der Waals surface area (Å²) in [5, 5.41) is 6.15. The van der Waals surface area contributed by atoms with Crippen molar-refractivity contribution < 1.29 is 14.3 Å². The molecule has 3 aromatic rings. The molecule has 0 spiro atoms. The molecule has 136 valence electrons. The standard InChI is InChI=1S/C21H17ClN2O3/c1-27-19-9-5-3-7-17(19)21(26)24-18-8-4-2-6-16(18)20(25)23-15-12-10-14(22)11-13-15/h2-13H,1H3,(H,23,25)(H,24,26). The van der Waals surface area contributed by atoms with Gasteiger partial charge in [-0.25, -0.2) is 0 Å². The molecule has 0 bridgehead atoms. The minimum Gasteiger partial charge on any atom is -0.496 e. The number of anilines is 2. The number of benzene rings is 3. The van der Waals surface area contributed by atoms with E-state index in [1.807, 2.05) is 0 Å². The second-order valence-corrected chi connectivity index (χ2v) is 6.10. The Kier molecular flexibility index (Phi) is 5.74. The minimum absolute atomic E-state index is 0.340. The van der Waals surface area contributed by atoms with Crippen LogP contribution in [0.2, 0.25) is 5.02 Å². The Morgan fingerprint density at radius 3 is 2.07 bits per heavy atom. The molecule has 2 amide bonds. The van der Waals surface area contributed by atoms with Crippen molar-refractivity contribution in [3.63, 3.8) is 0 Å². The third-order valence-corrected chi connectivity index (χ3v) is 4.13. The first kappa shape index (κ1) is 18.5. The zero-order chi connectivity index (χ0) is 19.2. The number of ether oxygens (including phenoxy) is 1. The molecule has 0 unspecified atom stereocenters. The maximum atomic E-state index is 12.6. The summed E-state index contributed by atoms with van der Waals surface area (Å²) in [5.74, 6) is -0.245. The molecule has 0 aromatic heterocycles. The molecule has 0 fully saturated rings. The molecule has 2 N–H and O–H groups in total. The molecule has 0 aliphatic carbocycles.